The van der Waals surface area contributed by atoms with Gasteiger partial charge >= 0.3 is 0 Å². The van der Waals surface area contributed by atoms with E-state index >= 15 is 0 Å². The SMILES string of the molecule is COc1ccc(CNC(=S)N/N=C/c2cc(OC)c(O)c(OC)c2)cc1. The number of thiocarbonyl (C=S) groups is 1. The third-order valence-electron chi connectivity index (χ3n) is 3.49. The predicted molar refractivity (Wildman–Crippen MR) is 104 cm³/mol. The molecule has 2 rings (SSSR count). The zero-order valence-electron chi connectivity index (χ0n) is 14.8. The van der Waals surface area contributed by atoms with Crippen LogP contribution in [0.1, 0.15) is 11.1 Å². The number of phenolic OH excluding ortho intramolecular Hbond substituents is 1. The molecule has 0 saturated heterocycles. The van der Waals surface area contributed by atoms with Crippen molar-refractivity contribution in [3.8, 4) is 23.0 Å². The van der Waals surface area contributed by atoms with Gasteiger partial charge in [-0.2, -0.15) is 5.10 Å². The molecule has 0 aliphatic rings. The van der Waals surface area contributed by atoms with Crippen molar-refractivity contribution in [3.63, 3.8) is 0 Å². The average molecular weight is 375 g/mol. The van der Waals surface area contributed by atoms with Gasteiger partial charge in [0.2, 0.25) is 5.75 Å². The first-order valence-corrected chi connectivity index (χ1v) is 8.13. The Balaban J connectivity index is 1.90. The van der Waals surface area contributed by atoms with Crippen molar-refractivity contribution in [1.29, 1.82) is 0 Å². The molecule has 0 radical (unpaired) electrons. The van der Waals surface area contributed by atoms with Crippen LogP contribution in [0.2, 0.25) is 0 Å². The van der Waals surface area contributed by atoms with Crippen LogP contribution >= 0.6 is 12.2 Å². The molecule has 7 nitrogen and oxygen atoms in total. The number of hydrogen-bond donors (Lipinski definition) is 3. The second-order valence-corrected chi connectivity index (χ2v) is 5.58. The first kappa shape index (κ1) is 19.3. The Morgan fingerprint density at radius 3 is 2.23 bits per heavy atom. The van der Waals surface area contributed by atoms with Gasteiger partial charge in [-0.3, -0.25) is 5.43 Å². The van der Waals surface area contributed by atoms with E-state index < -0.39 is 0 Å². The molecule has 26 heavy (non-hydrogen) atoms. The van der Waals surface area contributed by atoms with Crippen molar-refractivity contribution >= 4 is 23.5 Å². The predicted octanol–water partition coefficient (Wildman–Crippen LogP) is 2.42. The maximum absolute atomic E-state index is 9.89. The second kappa shape index (κ2) is 9.47. The van der Waals surface area contributed by atoms with Gasteiger partial charge in [-0.1, -0.05) is 12.1 Å². The summed E-state index contributed by atoms with van der Waals surface area (Å²) < 4.78 is 15.3. The Hall–Kier alpha value is -3.00. The highest BCUT2D eigenvalue weighted by Gasteiger charge is 2.10. The minimum atomic E-state index is -0.0585. The quantitative estimate of drug-likeness (QED) is 0.389. The van der Waals surface area contributed by atoms with Crippen LogP contribution in [0.15, 0.2) is 41.5 Å². The second-order valence-electron chi connectivity index (χ2n) is 5.17. The summed E-state index contributed by atoms with van der Waals surface area (Å²) >= 11 is 5.19. The lowest BCUT2D eigenvalue weighted by molar-refractivity contribution is 0.340. The summed E-state index contributed by atoms with van der Waals surface area (Å²) in [4.78, 5) is 0. The highest BCUT2D eigenvalue weighted by Crippen LogP contribution is 2.36. The van der Waals surface area contributed by atoms with Gasteiger partial charge in [0.05, 0.1) is 27.5 Å². The van der Waals surface area contributed by atoms with E-state index in [2.05, 4.69) is 15.8 Å². The fraction of sp³-hybridized carbons (Fsp3) is 0.222. The standard InChI is InChI=1S/C18H21N3O4S/c1-23-14-6-4-12(5-7-14)10-19-18(26)21-20-11-13-8-15(24-2)17(22)16(9-13)25-3/h4-9,11,22H,10H2,1-3H3,(H2,19,21,26)/b20-11+. The summed E-state index contributed by atoms with van der Waals surface area (Å²) in [5.74, 6) is 1.34. The summed E-state index contributed by atoms with van der Waals surface area (Å²) in [7, 11) is 4.56. The fourth-order valence-corrected chi connectivity index (χ4v) is 2.24. The maximum atomic E-state index is 9.89. The van der Waals surface area contributed by atoms with Gasteiger partial charge in [0.15, 0.2) is 16.6 Å². The molecule has 138 valence electrons. The molecule has 2 aromatic rings. The van der Waals surface area contributed by atoms with E-state index in [9.17, 15) is 5.11 Å². The van der Waals surface area contributed by atoms with Crippen LogP contribution in [0, 0.1) is 0 Å². The highest BCUT2D eigenvalue weighted by atomic mass is 32.1. The molecule has 0 aliphatic heterocycles. The molecule has 0 amide bonds. The molecular formula is C18H21N3O4S. The minimum Gasteiger partial charge on any atom is -0.502 e. The average Bonchev–Trinajstić information content (AvgIpc) is 2.67. The molecule has 0 spiro atoms. The van der Waals surface area contributed by atoms with E-state index in [1.54, 1.807) is 25.5 Å². The first-order valence-electron chi connectivity index (χ1n) is 7.72. The van der Waals surface area contributed by atoms with Crippen molar-refractivity contribution in [2.24, 2.45) is 5.10 Å². The lowest BCUT2D eigenvalue weighted by Crippen LogP contribution is -2.31. The monoisotopic (exact) mass is 375 g/mol. The summed E-state index contributed by atoms with van der Waals surface area (Å²) in [6, 6.07) is 10.9. The van der Waals surface area contributed by atoms with Crippen LogP contribution in [0.25, 0.3) is 0 Å². The Kier molecular flexibility index (Phi) is 7.04. The number of ether oxygens (including phenoxy) is 3. The number of hydrogen-bond acceptors (Lipinski definition) is 6. The lowest BCUT2D eigenvalue weighted by Gasteiger charge is -2.09. The molecule has 0 unspecified atom stereocenters. The number of aromatic hydroxyl groups is 1. The van der Waals surface area contributed by atoms with Gasteiger partial charge < -0.3 is 24.6 Å². The van der Waals surface area contributed by atoms with Crippen LogP contribution in [0.4, 0.5) is 0 Å². The number of nitrogens with one attached hydrogen (secondary N) is 2. The third kappa shape index (κ3) is 5.25. The molecule has 3 N–H and O–H groups in total. The van der Waals surface area contributed by atoms with E-state index in [-0.39, 0.29) is 5.75 Å². The van der Waals surface area contributed by atoms with Crippen molar-refractivity contribution in [3.05, 3.63) is 47.5 Å². The van der Waals surface area contributed by atoms with E-state index in [4.69, 9.17) is 26.4 Å². The number of methoxy groups -OCH3 is 3. The van der Waals surface area contributed by atoms with Crippen molar-refractivity contribution in [1.82, 2.24) is 10.7 Å². The van der Waals surface area contributed by atoms with Gasteiger partial charge in [-0.25, -0.2) is 0 Å². The number of rotatable bonds is 7. The van der Waals surface area contributed by atoms with E-state index in [1.165, 1.54) is 14.2 Å². The normalized spacial score (nSPS) is 10.4. The van der Waals surface area contributed by atoms with E-state index in [0.717, 1.165) is 11.3 Å². The molecule has 0 atom stereocenters. The topological polar surface area (TPSA) is 84.3 Å². The molecular weight excluding hydrogens is 354 g/mol. The van der Waals surface area contributed by atoms with Crippen molar-refractivity contribution in [2.75, 3.05) is 21.3 Å². The minimum absolute atomic E-state index is 0.0585. The van der Waals surface area contributed by atoms with Gasteiger partial charge in [0, 0.05) is 12.1 Å². The van der Waals surface area contributed by atoms with Crippen molar-refractivity contribution < 1.29 is 19.3 Å². The largest absolute Gasteiger partial charge is 0.502 e. The van der Waals surface area contributed by atoms with Crippen LogP contribution in [-0.4, -0.2) is 37.8 Å². The summed E-state index contributed by atoms with van der Waals surface area (Å²) in [5, 5.41) is 17.4. The highest BCUT2D eigenvalue weighted by molar-refractivity contribution is 7.80. The van der Waals surface area contributed by atoms with Gasteiger partial charge in [0.1, 0.15) is 5.75 Å². The zero-order valence-corrected chi connectivity index (χ0v) is 15.6. The zero-order chi connectivity index (χ0) is 18.9. The summed E-state index contributed by atoms with van der Waals surface area (Å²) in [5.41, 5.74) is 4.48. The molecule has 0 bridgehead atoms. The molecule has 0 fully saturated rings. The van der Waals surface area contributed by atoms with Gasteiger partial charge in [-0.05, 0) is 42.0 Å². The van der Waals surface area contributed by atoms with Gasteiger partial charge in [-0.15, -0.1) is 0 Å². The number of hydrazone groups is 1. The number of nitrogens with zero attached hydrogens (tertiary/aromatic N) is 1. The fourth-order valence-electron chi connectivity index (χ4n) is 2.12. The Morgan fingerprint density at radius 2 is 1.69 bits per heavy atom. The molecule has 2 aromatic carbocycles. The smallest absolute Gasteiger partial charge is 0.200 e. The van der Waals surface area contributed by atoms with Gasteiger partial charge in [0.25, 0.3) is 0 Å². The van der Waals surface area contributed by atoms with Crippen LogP contribution < -0.4 is 25.0 Å². The number of phenols is 1. The molecule has 8 heteroatoms. The maximum Gasteiger partial charge on any atom is 0.200 e. The van der Waals surface area contributed by atoms with Crippen LogP contribution in [-0.2, 0) is 6.54 Å². The Labute approximate surface area is 157 Å². The Morgan fingerprint density at radius 1 is 1.08 bits per heavy atom. The van der Waals surface area contributed by atoms with E-state index in [1.807, 2.05) is 24.3 Å². The van der Waals surface area contributed by atoms with Crippen LogP contribution in [0.3, 0.4) is 0 Å². The van der Waals surface area contributed by atoms with Crippen molar-refractivity contribution in [2.45, 2.75) is 6.54 Å². The summed E-state index contributed by atoms with van der Waals surface area (Å²) in [6.45, 7) is 0.562. The molecule has 0 heterocycles. The molecule has 0 saturated carbocycles. The third-order valence-corrected chi connectivity index (χ3v) is 3.73. The Bertz CT molecular complexity index is 754. The molecule has 0 aromatic heterocycles. The van der Waals surface area contributed by atoms with Crippen LogP contribution in [0.5, 0.6) is 23.0 Å². The summed E-state index contributed by atoms with van der Waals surface area (Å²) in [6.07, 6.45) is 1.55. The number of benzene rings is 2. The van der Waals surface area contributed by atoms with E-state index in [0.29, 0.717) is 28.7 Å². The molecule has 0 aliphatic carbocycles. The first-order chi connectivity index (χ1) is 12.6. The lowest BCUT2D eigenvalue weighted by atomic mass is 10.2.